The van der Waals surface area contributed by atoms with Crippen LogP contribution in [0.4, 0.5) is 11.4 Å². The summed E-state index contributed by atoms with van der Waals surface area (Å²) in [7, 11) is 0. The maximum atomic E-state index is 13.7. The van der Waals surface area contributed by atoms with Gasteiger partial charge in [-0.1, -0.05) is 42.5 Å². The van der Waals surface area contributed by atoms with Gasteiger partial charge in [0.25, 0.3) is 0 Å². The van der Waals surface area contributed by atoms with Crippen LogP contribution in [-0.4, -0.2) is 43.5 Å². The smallest absolute Gasteiger partial charge is 0.340 e. The molecule has 2 atom stereocenters. The number of hydrogen-bond acceptors (Lipinski definition) is 8. The van der Waals surface area contributed by atoms with E-state index in [1.807, 2.05) is 60.7 Å². The predicted octanol–water partition coefficient (Wildman–Crippen LogP) is 8.15. The summed E-state index contributed by atoms with van der Waals surface area (Å²) in [6, 6.07) is 29.8. The summed E-state index contributed by atoms with van der Waals surface area (Å²) in [6.45, 7) is 11.6. The first-order valence-corrected chi connectivity index (χ1v) is 17.3. The molecule has 3 heterocycles. The topological polar surface area (TPSA) is 88.5 Å². The van der Waals surface area contributed by atoms with Gasteiger partial charge in [0.15, 0.2) is 5.60 Å². The highest BCUT2D eigenvalue weighted by atomic mass is 16.6. The monoisotopic (exact) mass is 666 g/mol. The number of fused-ring (bicyclic) bond motifs is 8. The van der Waals surface area contributed by atoms with Crippen molar-refractivity contribution in [2.75, 3.05) is 36.0 Å². The molecule has 0 aliphatic carbocycles. The molecule has 3 aliphatic heterocycles. The summed E-state index contributed by atoms with van der Waals surface area (Å²) < 4.78 is 19.9. The van der Waals surface area contributed by atoms with Gasteiger partial charge in [0.1, 0.15) is 34.9 Å². The lowest BCUT2D eigenvalue weighted by Gasteiger charge is -2.41. The molecule has 0 bridgehead atoms. The molecule has 252 valence electrons. The zero-order valence-corrected chi connectivity index (χ0v) is 28.5. The number of esters is 1. The van der Waals surface area contributed by atoms with Crippen LogP contribution in [0.2, 0.25) is 0 Å². The molecule has 0 fully saturated rings. The van der Waals surface area contributed by atoms with Crippen LogP contribution in [0.5, 0.6) is 23.0 Å². The van der Waals surface area contributed by atoms with Crippen molar-refractivity contribution in [3.05, 3.63) is 142 Å². The fourth-order valence-electron chi connectivity index (χ4n) is 8.00. The van der Waals surface area contributed by atoms with Crippen LogP contribution in [0.1, 0.15) is 81.8 Å². The Labute approximate surface area is 291 Å². The van der Waals surface area contributed by atoms with Gasteiger partial charge >= 0.3 is 5.97 Å². The van der Waals surface area contributed by atoms with E-state index in [-0.39, 0.29) is 0 Å². The van der Waals surface area contributed by atoms with Crippen LogP contribution in [0.15, 0.2) is 97.1 Å². The second-order valence-corrected chi connectivity index (χ2v) is 12.8. The molecule has 5 aromatic carbocycles. The molecular formula is C42H38N2O6. The molecule has 3 aliphatic rings. The summed E-state index contributed by atoms with van der Waals surface area (Å²) in [6.07, 6.45) is 0.758. The first-order chi connectivity index (χ1) is 24.3. The highest BCUT2D eigenvalue weighted by Crippen LogP contribution is 2.60. The molecule has 8 rings (SSSR count). The van der Waals surface area contributed by atoms with Gasteiger partial charge in [-0.25, -0.2) is 4.79 Å². The van der Waals surface area contributed by atoms with E-state index in [9.17, 15) is 14.7 Å². The maximum absolute atomic E-state index is 13.7. The summed E-state index contributed by atoms with van der Waals surface area (Å²) in [5.41, 5.74) is 2.78. The Morgan fingerprint density at radius 1 is 0.600 bits per heavy atom. The minimum Gasteiger partial charge on any atom is -0.456 e. The van der Waals surface area contributed by atoms with E-state index in [4.69, 9.17) is 14.2 Å². The van der Waals surface area contributed by atoms with Crippen molar-refractivity contribution in [1.29, 1.82) is 0 Å². The predicted molar refractivity (Wildman–Crippen MR) is 192 cm³/mol. The zero-order valence-electron chi connectivity index (χ0n) is 28.5. The van der Waals surface area contributed by atoms with E-state index < -0.39 is 17.2 Å². The molecule has 1 N–H and O–H groups in total. The molecule has 0 amide bonds. The van der Waals surface area contributed by atoms with E-state index in [1.54, 1.807) is 36.4 Å². The molecule has 0 radical (unpaired) electrons. The highest BCUT2D eigenvalue weighted by molar-refractivity contribution is 5.97. The third-order valence-electron chi connectivity index (χ3n) is 10.5. The molecule has 50 heavy (non-hydrogen) atoms. The fourth-order valence-corrected chi connectivity index (χ4v) is 8.00. The molecule has 0 saturated heterocycles. The van der Waals surface area contributed by atoms with Gasteiger partial charge in [0, 0.05) is 94.7 Å². The number of hydrogen-bond donors (Lipinski definition) is 1. The van der Waals surface area contributed by atoms with Crippen molar-refractivity contribution < 1.29 is 28.9 Å². The van der Waals surface area contributed by atoms with Crippen LogP contribution in [0.3, 0.4) is 0 Å². The number of rotatable bonds is 8. The molecular weight excluding hydrogens is 628 g/mol. The molecule has 0 aromatic heterocycles. The lowest BCUT2D eigenvalue weighted by molar-refractivity contribution is 0.0222. The first-order valence-electron chi connectivity index (χ1n) is 17.3. The van der Waals surface area contributed by atoms with Gasteiger partial charge in [0.05, 0.1) is 5.56 Å². The summed E-state index contributed by atoms with van der Waals surface area (Å²) in [4.78, 5) is 30.6. The summed E-state index contributed by atoms with van der Waals surface area (Å²) in [5.74, 6) is 1.39. The van der Waals surface area contributed by atoms with Gasteiger partial charge in [0.2, 0.25) is 0 Å². The average Bonchev–Trinajstić information content (AvgIpc) is 3.44. The van der Waals surface area contributed by atoms with Crippen molar-refractivity contribution in [1.82, 2.24) is 0 Å². The van der Waals surface area contributed by atoms with Crippen molar-refractivity contribution in [3.8, 4) is 23.0 Å². The van der Waals surface area contributed by atoms with E-state index >= 15 is 0 Å². The number of anilines is 2. The molecule has 1 spiro atoms. The molecule has 8 nitrogen and oxygen atoms in total. The molecule has 0 saturated carbocycles. The number of carbonyl (C=O) groups excluding carboxylic acids is 2. The SMILES string of the molecule is CCN(CC)c1ccc2c(c1)Oc1cc3c(cc1C2(O)c1ccccc1C=O)C1(OC(=O)c2ccccc21)c1ccc(N(CC)CC)cc1O3. The number of carbonyl (C=O) groups is 2. The number of ether oxygens (including phenoxy) is 3. The summed E-state index contributed by atoms with van der Waals surface area (Å²) in [5, 5.41) is 13.2. The van der Waals surface area contributed by atoms with Crippen molar-refractivity contribution >= 4 is 23.6 Å². The minimum atomic E-state index is -1.81. The Balaban J connectivity index is 1.42. The van der Waals surface area contributed by atoms with Crippen LogP contribution in [0.25, 0.3) is 0 Å². The van der Waals surface area contributed by atoms with Crippen LogP contribution < -0.4 is 19.3 Å². The maximum Gasteiger partial charge on any atom is 0.340 e. The molecule has 8 heteroatoms. The number of aliphatic hydroxyl groups is 1. The Hall–Kier alpha value is -5.60. The molecule has 5 aromatic rings. The van der Waals surface area contributed by atoms with Crippen LogP contribution in [0, 0.1) is 0 Å². The lowest BCUT2D eigenvalue weighted by atomic mass is 9.72. The van der Waals surface area contributed by atoms with Gasteiger partial charge in [-0.3, -0.25) is 4.79 Å². The average molecular weight is 667 g/mol. The Bertz CT molecular complexity index is 2190. The summed E-state index contributed by atoms with van der Waals surface area (Å²) >= 11 is 0. The second-order valence-electron chi connectivity index (χ2n) is 12.8. The fraction of sp³-hybridized carbons (Fsp3) is 0.238. The minimum absolute atomic E-state index is 0.345. The second kappa shape index (κ2) is 11.8. The van der Waals surface area contributed by atoms with Gasteiger partial charge in [-0.05, 0) is 64.1 Å². The van der Waals surface area contributed by atoms with Crippen molar-refractivity contribution in [3.63, 3.8) is 0 Å². The normalized spacial score (nSPS) is 19.2. The van der Waals surface area contributed by atoms with Gasteiger partial charge < -0.3 is 29.1 Å². The van der Waals surface area contributed by atoms with Crippen LogP contribution in [-0.2, 0) is 15.9 Å². The van der Waals surface area contributed by atoms with E-state index in [0.717, 1.165) is 43.8 Å². The lowest BCUT2D eigenvalue weighted by Crippen LogP contribution is -2.37. The van der Waals surface area contributed by atoms with Gasteiger partial charge in [-0.2, -0.15) is 0 Å². The Morgan fingerprint density at radius 3 is 1.78 bits per heavy atom. The third kappa shape index (κ3) is 4.34. The number of benzene rings is 5. The van der Waals surface area contributed by atoms with E-state index in [1.165, 1.54) is 0 Å². The van der Waals surface area contributed by atoms with Gasteiger partial charge in [-0.15, -0.1) is 0 Å². The zero-order chi connectivity index (χ0) is 34.8. The largest absolute Gasteiger partial charge is 0.456 e. The number of nitrogens with zero attached hydrogens (tertiary/aromatic N) is 2. The number of aldehydes is 1. The first kappa shape index (κ1) is 31.7. The van der Waals surface area contributed by atoms with Crippen molar-refractivity contribution in [2.45, 2.75) is 38.9 Å². The quantitative estimate of drug-likeness (QED) is 0.131. The van der Waals surface area contributed by atoms with Crippen LogP contribution >= 0.6 is 0 Å². The standard InChI is InChI=1S/C42H38N2O6/c1-5-43(6-2)27-17-19-32-36(21-27)48-38-24-39-35(23-34(38)41(32,47)30-15-11-9-13-26(30)25-45)42(31-16-12-10-14-29(31)40(46)50-42)33-20-18-28(22-37(33)49-39)44(7-3)8-4/h9-25,47H,5-8H2,1-4H3. The Morgan fingerprint density at radius 2 is 1.14 bits per heavy atom. The van der Waals surface area contributed by atoms with E-state index in [0.29, 0.717) is 67.5 Å². The molecule has 2 unspecified atom stereocenters. The Kier molecular flexibility index (Phi) is 7.45. The van der Waals surface area contributed by atoms with Crippen molar-refractivity contribution in [2.24, 2.45) is 0 Å². The third-order valence-corrected chi connectivity index (χ3v) is 10.5. The highest BCUT2D eigenvalue weighted by Gasteiger charge is 2.55. The van der Waals surface area contributed by atoms with E-state index in [2.05, 4.69) is 37.5 Å².